The summed E-state index contributed by atoms with van der Waals surface area (Å²) in [4.78, 5) is 24.6. The first-order valence-electron chi connectivity index (χ1n) is 30.3. The standard InChI is InChI=1S/C60H119NO5/c1-3-5-7-9-11-13-15-17-19-21-26-30-34-38-42-46-50-54-60(65)66-55-51-47-43-39-35-31-27-23-20-22-25-29-33-37-41-45-49-53-59(64)61-57(56-62)58(63)52-48-44-40-36-32-28-24-18-16-14-12-10-8-6-4-2/h57-58,62-63H,3-56H2,1-2H3,(H,61,64). The zero-order chi connectivity index (χ0) is 47.9. The number of unbranched alkanes of at least 4 members (excludes halogenated alkanes) is 46. The predicted octanol–water partition coefficient (Wildman–Crippen LogP) is 18.7. The molecule has 0 saturated carbocycles. The number of nitrogens with one attached hydrogen (secondary N) is 1. The number of carbonyl (C=O) groups excluding carboxylic acids is 2. The smallest absolute Gasteiger partial charge is 0.305 e. The fourth-order valence-electron chi connectivity index (χ4n) is 9.76. The SMILES string of the molecule is CCCCCCCCCCCCCCCCCCCC(=O)OCCCCCCCCCCCCCCCCCCCC(=O)NC(CO)C(O)CCCCCCCCCCCCCCCCC. The third-order valence-electron chi connectivity index (χ3n) is 14.4. The molecule has 2 unspecified atom stereocenters. The number of ether oxygens (including phenoxy) is 1. The minimum atomic E-state index is -0.666. The van der Waals surface area contributed by atoms with Crippen LogP contribution in [-0.2, 0) is 14.3 Å². The predicted molar refractivity (Wildman–Crippen MR) is 287 cm³/mol. The highest BCUT2D eigenvalue weighted by molar-refractivity contribution is 5.76. The van der Waals surface area contributed by atoms with Gasteiger partial charge in [0.25, 0.3) is 0 Å². The second kappa shape index (κ2) is 56.4. The summed E-state index contributed by atoms with van der Waals surface area (Å²) >= 11 is 0. The van der Waals surface area contributed by atoms with E-state index in [1.54, 1.807) is 0 Å². The summed E-state index contributed by atoms with van der Waals surface area (Å²) in [5, 5.41) is 23.3. The lowest BCUT2D eigenvalue weighted by Gasteiger charge is -2.22. The Kier molecular flexibility index (Phi) is 55.5. The molecule has 0 bridgehead atoms. The number of aliphatic hydroxyl groups excluding tert-OH is 2. The van der Waals surface area contributed by atoms with E-state index in [9.17, 15) is 19.8 Å². The van der Waals surface area contributed by atoms with Crippen molar-refractivity contribution in [2.45, 2.75) is 360 Å². The molecule has 0 fully saturated rings. The van der Waals surface area contributed by atoms with Crippen LogP contribution < -0.4 is 5.32 Å². The van der Waals surface area contributed by atoms with Crippen LogP contribution in [-0.4, -0.2) is 47.4 Å². The summed E-state index contributed by atoms with van der Waals surface area (Å²) in [6.07, 6.45) is 65.3. The van der Waals surface area contributed by atoms with Gasteiger partial charge in [-0.2, -0.15) is 0 Å². The van der Waals surface area contributed by atoms with Gasteiger partial charge in [-0.25, -0.2) is 0 Å². The first kappa shape index (κ1) is 64.9. The minimum absolute atomic E-state index is 0.0104. The summed E-state index contributed by atoms with van der Waals surface area (Å²) in [6.45, 7) is 4.98. The molecule has 6 heteroatoms. The van der Waals surface area contributed by atoms with Gasteiger partial charge in [-0.15, -0.1) is 0 Å². The Morgan fingerprint density at radius 3 is 0.924 bits per heavy atom. The second-order valence-corrected chi connectivity index (χ2v) is 21.1. The van der Waals surface area contributed by atoms with Gasteiger partial charge in [0, 0.05) is 12.8 Å². The van der Waals surface area contributed by atoms with E-state index in [-0.39, 0.29) is 18.5 Å². The molecule has 0 aliphatic carbocycles. The minimum Gasteiger partial charge on any atom is -0.466 e. The molecule has 0 radical (unpaired) electrons. The maximum absolute atomic E-state index is 12.5. The van der Waals surface area contributed by atoms with E-state index < -0.39 is 12.1 Å². The van der Waals surface area contributed by atoms with Crippen molar-refractivity contribution in [2.75, 3.05) is 13.2 Å². The van der Waals surface area contributed by atoms with E-state index in [1.165, 1.54) is 276 Å². The largest absolute Gasteiger partial charge is 0.466 e. The Labute approximate surface area is 413 Å². The monoisotopic (exact) mass is 934 g/mol. The van der Waals surface area contributed by atoms with Gasteiger partial charge < -0.3 is 20.3 Å². The molecule has 2 atom stereocenters. The van der Waals surface area contributed by atoms with Crippen molar-refractivity contribution in [3.8, 4) is 0 Å². The van der Waals surface area contributed by atoms with Crippen molar-refractivity contribution >= 4 is 11.9 Å². The summed E-state index contributed by atoms with van der Waals surface area (Å²) in [5.74, 6) is -0.0267. The molecule has 394 valence electrons. The van der Waals surface area contributed by atoms with Gasteiger partial charge >= 0.3 is 5.97 Å². The van der Waals surface area contributed by atoms with Crippen LogP contribution in [0.25, 0.3) is 0 Å². The average Bonchev–Trinajstić information content (AvgIpc) is 3.32. The lowest BCUT2D eigenvalue weighted by Crippen LogP contribution is -2.45. The Bertz CT molecular complexity index is 944. The molecule has 0 rings (SSSR count). The highest BCUT2D eigenvalue weighted by atomic mass is 16.5. The van der Waals surface area contributed by atoms with Crippen molar-refractivity contribution in [1.82, 2.24) is 5.32 Å². The summed E-state index contributed by atoms with van der Waals surface area (Å²) < 4.78 is 5.49. The van der Waals surface area contributed by atoms with Gasteiger partial charge in [0.15, 0.2) is 0 Å². The first-order chi connectivity index (χ1) is 32.5. The van der Waals surface area contributed by atoms with Crippen molar-refractivity contribution in [3.63, 3.8) is 0 Å². The lowest BCUT2D eigenvalue weighted by atomic mass is 10.0. The molecule has 6 nitrogen and oxygen atoms in total. The van der Waals surface area contributed by atoms with Crippen molar-refractivity contribution in [1.29, 1.82) is 0 Å². The normalized spacial score (nSPS) is 12.5. The molecule has 3 N–H and O–H groups in total. The number of amides is 1. The molecule has 0 aromatic carbocycles. The number of esters is 1. The summed E-state index contributed by atoms with van der Waals surface area (Å²) in [5.41, 5.74) is 0. The highest BCUT2D eigenvalue weighted by Crippen LogP contribution is 2.18. The van der Waals surface area contributed by atoms with E-state index in [1.807, 2.05) is 0 Å². The van der Waals surface area contributed by atoms with E-state index >= 15 is 0 Å². The average molecular weight is 935 g/mol. The maximum Gasteiger partial charge on any atom is 0.305 e. The van der Waals surface area contributed by atoms with Crippen LogP contribution >= 0.6 is 0 Å². The number of carbonyl (C=O) groups is 2. The van der Waals surface area contributed by atoms with Gasteiger partial charge in [-0.3, -0.25) is 9.59 Å². The van der Waals surface area contributed by atoms with Gasteiger partial charge in [-0.05, 0) is 25.7 Å². The highest BCUT2D eigenvalue weighted by Gasteiger charge is 2.20. The van der Waals surface area contributed by atoms with Crippen molar-refractivity contribution in [3.05, 3.63) is 0 Å². The molecule has 0 aliphatic rings. The molecule has 0 aromatic rings. The van der Waals surface area contributed by atoms with Gasteiger partial charge in [0.2, 0.25) is 5.91 Å². The fraction of sp³-hybridized carbons (Fsp3) is 0.967. The van der Waals surface area contributed by atoms with Crippen LogP contribution in [0.2, 0.25) is 0 Å². The molecule has 0 aromatic heterocycles. The Morgan fingerprint density at radius 2 is 0.621 bits per heavy atom. The van der Waals surface area contributed by atoms with Crippen molar-refractivity contribution in [2.24, 2.45) is 0 Å². The fourth-order valence-corrected chi connectivity index (χ4v) is 9.76. The molecule has 0 spiro atoms. The van der Waals surface area contributed by atoms with E-state index in [2.05, 4.69) is 19.2 Å². The van der Waals surface area contributed by atoms with E-state index in [0.29, 0.717) is 25.9 Å². The second-order valence-electron chi connectivity index (χ2n) is 21.1. The Hall–Kier alpha value is -1.14. The summed E-state index contributed by atoms with van der Waals surface area (Å²) in [7, 11) is 0. The first-order valence-corrected chi connectivity index (χ1v) is 30.3. The zero-order valence-corrected chi connectivity index (χ0v) is 45.0. The lowest BCUT2D eigenvalue weighted by molar-refractivity contribution is -0.143. The van der Waals surface area contributed by atoms with Crippen LogP contribution in [0, 0.1) is 0 Å². The van der Waals surface area contributed by atoms with Crippen LogP contribution in [0.3, 0.4) is 0 Å². The Balaban J connectivity index is 3.38. The quantitative estimate of drug-likeness (QED) is 0.0417. The van der Waals surface area contributed by atoms with Gasteiger partial charge in [0.05, 0.1) is 25.4 Å². The summed E-state index contributed by atoms with van der Waals surface area (Å²) in [6, 6.07) is -0.544. The van der Waals surface area contributed by atoms with Gasteiger partial charge in [-0.1, -0.05) is 309 Å². The van der Waals surface area contributed by atoms with E-state index in [4.69, 9.17) is 4.74 Å². The third kappa shape index (κ3) is 52.2. The molecule has 0 aliphatic heterocycles. The van der Waals surface area contributed by atoms with Crippen LogP contribution in [0.15, 0.2) is 0 Å². The zero-order valence-electron chi connectivity index (χ0n) is 45.0. The molecular weight excluding hydrogens is 815 g/mol. The topological polar surface area (TPSA) is 95.9 Å². The van der Waals surface area contributed by atoms with Crippen LogP contribution in [0.1, 0.15) is 348 Å². The molecule has 0 saturated heterocycles. The van der Waals surface area contributed by atoms with Gasteiger partial charge in [0.1, 0.15) is 0 Å². The van der Waals surface area contributed by atoms with Crippen LogP contribution in [0.4, 0.5) is 0 Å². The van der Waals surface area contributed by atoms with E-state index in [0.717, 1.165) is 38.5 Å². The third-order valence-corrected chi connectivity index (χ3v) is 14.4. The number of hydrogen-bond donors (Lipinski definition) is 3. The molecule has 1 amide bonds. The molecular formula is C60H119NO5. The number of hydrogen-bond acceptors (Lipinski definition) is 5. The molecule has 0 heterocycles. The van der Waals surface area contributed by atoms with Crippen LogP contribution in [0.5, 0.6) is 0 Å². The number of aliphatic hydroxyl groups is 2. The maximum atomic E-state index is 12.5. The number of rotatable bonds is 57. The Morgan fingerprint density at radius 1 is 0.364 bits per heavy atom. The van der Waals surface area contributed by atoms with Crippen molar-refractivity contribution < 1.29 is 24.5 Å². The molecule has 66 heavy (non-hydrogen) atoms.